The SMILES string of the molecule is Cc1cccc2c(=O)n(CCCC(=O)N3CCC[C@H]3c3nc4ccccc4[nH]3)cnc12. The molecule has 1 amide bonds. The Labute approximate surface area is 179 Å². The zero-order valence-electron chi connectivity index (χ0n) is 17.5. The zero-order valence-corrected chi connectivity index (χ0v) is 17.5. The van der Waals surface area contributed by atoms with Crippen molar-refractivity contribution in [1.82, 2.24) is 24.4 Å². The van der Waals surface area contributed by atoms with E-state index < -0.39 is 0 Å². The molecular formula is C24H25N5O2. The van der Waals surface area contributed by atoms with Gasteiger partial charge in [0.1, 0.15) is 5.82 Å². The molecule has 4 aromatic rings. The number of H-pyrrole nitrogens is 1. The number of hydrogen-bond donors (Lipinski definition) is 1. The first-order valence-electron chi connectivity index (χ1n) is 10.8. The number of imidazole rings is 1. The minimum atomic E-state index is -0.0533. The van der Waals surface area contributed by atoms with Crippen molar-refractivity contribution in [3.05, 3.63) is 70.5 Å². The van der Waals surface area contributed by atoms with Crippen molar-refractivity contribution >= 4 is 27.8 Å². The zero-order chi connectivity index (χ0) is 21.4. The van der Waals surface area contributed by atoms with Crippen molar-refractivity contribution in [2.45, 2.75) is 45.2 Å². The molecule has 5 rings (SSSR count). The first-order valence-corrected chi connectivity index (χ1v) is 10.8. The molecule has 1 atom stereocenters. The van der Waals surface area contributed by atoms with E-state index in [4.69, 9.17) is 4.98 Å². The van der Waals surface area contributed by atoms with Gasteiger partial charge in [-0.1, -0.05) is 24.3 Å². The van der Waals surface area contributed by atoms with Crippen LogP contribution in [0.4, 0.5) is 0 Å². The van der Waals surface area contributed by atoms with Crippen molar-refractivity contribution in [1.29, 1.82) is 0 Å². The van der Waals surface area contributed by atoms with Crippen molar-refractivity contribution in [3.8, 4) is 0 Å². The van der Waals surface area contributed by atoms with Gasteiger partial charge in [-0.25, -0.2) is 9.97 Å². The van der Waals surface area contributed by atoms with Crippen LogP contribution in [0, 0.1) is 6.92 Å². The fourth-order valence-electron chi connectivity index (χ4n) is 4.52. The standard InChI is InChI=1S/C24H25N5O2/c1-16-7-4-8-17-22(16)25-15-28(24(17)31)13-6-12-21(30)29-14-5-11-20(29)23-26-18-9-2-3-10-19(18)27-23/h2-4,7-10,15,20H,5-6,11-14H2,1H3,(H,26,27)/t20-/m0/s1. The maximum absolute atomic E-state index is 13.0. The van der Waals surface area contributed by atoms with Gasteiger partial charge in [0.2, 0.25) is 5.91 Å². The Bertz CT molecular complexity index is 1290. The van der Waals surface area contributed by atoms with E-state index in [0.29, 0.717) is 24.8 Å². The predicted octanol–water partition coefficient (Wildman–Crippen LogP) is 3.73. The molecule has 1 aliphatic rings. The third kappa shape index (κ3) is 3.60. The highest BCUT2D eigenvalue weighted by molar-refractivity contribution is 5.80. The summed E-state index contributed by atoms with van der Waals surface area (Å²) in [6, 6.07) is 13.6. The first kappa shape index (κ1) is 19.5. The highest BCUT2D eigenvalue weighted by Gasteiger charge is 2.31. The van der Waals surface area contributed by atoms with E-state index in [0.717, 1.165) is 47.3 Å². The number of benzene rings is 2. The minimum absolute atomic E-state index is 0.00654. The number of aryl methyl sites for hydroxylation is 2. The maximum Gasteiger partial charge on any atom is 0.261 e. The molecule has 1 saturated heterocycles. The van der Waals surface area contributed by atoms with E-state index in [9.17, 15) is 9.59 Å². The number of aromatic nitrogens is 4. The summed E-state index contributed by atoms with van der Waals surface area (Å²) < 4.78 is 1.61. The van der Waals surface area contributed by atoms with Crippen molar-refractivity contribution < 1.29 is 4.79 Å². The lowest BCUT2D eigenvalue weighted by Gasteiger charge is -2.23. The summed E-state index contributed by atoms with van der Waals surface area (Å²) in [6.45, 7) is 3.17. The molecule has 0 unspecified atom stereocenters. The summed E-state index contributed by atoms with van der Waals surface area (Å²) in [5.74, 6) is 0.970. The highest BCUT2D eigenvalue weighted by atomic mass is 16.2. The quantitative estimate of drug-likeness (QED) is 0.538. The number of amides is 1. The van der Waals surface area contributed by atoms with Crippen LogP contribution in [0.25, 0.3) is 21.9 Å². The van der Waals surface area contributed by atoms with E-state index in [1.165, 1.54) is 0 Å². The van der Waals surface area contributed by atoms with Gasteiger partial charge >= 0.3 is 0 Å². The van der Waals surface area contributed by atoms with Crippen LogP contribution < -0.4 is 5.56 Å². The first-order chi connectivity index (χ1) is 15.1. The molecule has 1 fully saturated rings. The van der Waals surface area contributed by atoms with Crippen molar-refractivity contribution in [2.75, 3.05) is 6.54 Å². The van der Waals surface area contributed by atoms with Crippen molar-refractivity contribution in [3.63, 3.8) is 0 Å². The van der Waals surface area contributed by atoms with Crippen LogP contribution in [0.1, 0.15) is 43.1 Å². The van der Waals surface area contributed by atoms with Gasteiger partial charge in [0.15, 0.2) is 0 Å². The van der Waals surface area contributed by atoms with Crippen LogP contribution >= 0.6 is 0 Å². The molecule has 0 bridgehead atoms. The predicted molar refractivity (Wildman–Crippen MR) is 120 cm³/mol. The third-order valence-electron chi connectivity index (χ3n) is 6.14. The molecule has 2 aromatic heterocycles. The topological polar surface area (TPSA) is 83.9 Å². The number of para-hydroxylation sites is 3. The summed E-state index contributed by atoms with van der Waals surface area (Å²) in [7, 11) is 0. The molecule has 3 heterocycles. The summed E-state index contributed by atoms with van der Waals surface area (Å²) in [5.41, 5.74) is 3.60. The fraction of sp³-hybridized carbons (Fsp3) is 0.333. The van der Waals surface area contributed by atoms with Crippen LogP contribution in [0.2, 0.25) is 0 Å². The van der Waals surface area contributed by atoms with E-state index >= 15 is 0 Å². The van der Waals surface area contributed by atoms with Gasteiger partial charge in [-0.05, 0) is 49.9 Å². The van der Waals surface area contributed by atoms with Gasteiger partial charge in [0.25, 0.3) is 5.56 Å². The molecular weight excluding hydrogens is 390 g/mol. The fourth-order valence-corrected chi connectivity index (χ4v) is 4.52. The molecule has 1 N–H and O–H groups in total. The molecule has 31 heavy (non-hydrogen) atoms. The van der Waals surface area contributed by atoms with Gasteiger partial charge in [-0.15, -0.1) is 0 Å². The molecule has 7 heteroatoms. The second-order valence-corrected chi connectivity index (χ2v) is 8.20. The number of rotatable bonds is 5. The molecule has 0 saturated carbocycles. The number of hydrogen-bond acceptors (Lipinski definition) is 4. The molecule has 0 spiro atoms. The number of carbonyl (C=O) groups is 1. The Balaban J connectivity index is 1.26. The molecule has 0 aliphatic carbocycles. The lowest BCUT2D eigenvalue weighted by molar-refractivity contribution is -0.132. The Hall–Kier alpha value is -3.48. The number of nitrogens with one attached hydrogen (secondary N) is 1. The Kier molecular flexibility index (Phi) is 5.02. The molecule has 7 nitrogen and oxygen atoms in total. The third-order valence-corrected chi connectivity index (χ3v) is 6.14. The Morgan fingerprint density at radius 1 is 1.19 bits per heavy atom. The van der Waals surface area contributed by atoms with Crippen LogP contribution in [0.3, 0.4) is 0 Å². The van der Waals surface area contributed by atoms with Crippen LogP contribution in [0.15, 0.2) is 53.6 Å². The highest BCUT2D eigenvalue weighted by Crippen LogP contribution is 2.32. The lowest BCUT2D eigenvalue weighted by atomic mass is 10.1. The number of fused-ring (bicyclic) bond motifs is 2. The smallest absolute Gasteiger partial charge is 0.261 e. The second-order valence-electron chi connectivity index (χ2n) is 8.20. The average Bonchev–Trinajstić information content (AvgIpc) is 3.42. The average molecular weight is 415 g/mol. The number of nitrogens with zero attached hydrogens (tertiary/aromatic N) is 4. The van der Waals surface area contributed by atoms with Gasteiger partial charge < -0.3 is 9.88 Å². The van der Waals surface area contributed by atoms with E-state index in [-0.39, 0.29) is 17.5 Å². The van der Waals surface area contributed by atoms with Crippen molar-refractivity contribution in [2.24, 2.45) is 0 Å². The molecule has 158 valence electrons. The number of aromatic amines is 1. The minimum Gasteiger partial charge on any atom is -0.340 e. The largest absolute Gasteiger partial charge is 0.340 e. The van der Waals surface area contributed by atoms with Gasteiger partial charge in [0.05, 0.1) is 34.3 Å². The summed E-state index contributed by atoms with van der Waals surface area (Å²) in [5, 5.41) is 0.623. The Morgan fingerprint density at radius 2 is 2.06 bits per heavy atom. The monoisotopic (exact) mass is 415 g/mol. The van der Waals surface area contributed by atoms with Gasteiger partial charge in [-0.2, -0.15) is 0 Å². The molecule has 0 radical (unpaired) electrons. The van der Waals surface area contributed by atoms with E-state index in [2.05, 4.69) is 9.97 Å². The second kappa shape index (κ2) is 7.98. The summed E-state index contributed by atoms with van der Waals surface area (Å²) in [6.07, 6.45) is 4.48. The lowest BCUT2D eigenvalue weighted by Crippen LogP contribution is -2.31. The summed E-state index contributed by atoms with van der Waals surface area (Å²) >= 11 is 0. The van der Waals surface area contributed by atoms with Crippen LogP contribution in [-0.2, 0) is 11.3 Å². The van der Waals surface area contributed by atoms with Crippen LogP contribution in [-0.4, -0.2) is 36.9 Å². The van der Waals surface area contributed by atoms with Crippen LogP contribution in [0.5, 0.6) is 0 Å². The maximum atomic E-state index is 13.0. The number of likely N-dealkylation sites (tertiary alicyclic amines) is 1. The van der Waals surface area contributed by atoms with Gasteiger partial charge in [-0.3, -0.25) is 14.2 Å². The number of carbonyl (C=O) groups excluding carboxylic acids is 1. The normalized spacial score (nSPS) is 16.4. The van der Waals surface area contributed by atoms with E-state index in [1.807, 2.05) is 54.3 Å². The molecule has 1 aliphatic heterocycles. The summed E-state index contributed by atoms with van der Waals surface area (Å²) in [4.78, 5) is 40.2. The van der Waals surface area contributed by atoms with E-state index in [1.54, 1.807) is 10.9 Å². The molecule has 2 aromatic carbocycles. The van der Waals surface area contributed by atoms with Gasteiger partial charge in [0, 0.05) is 19.5 Å². The Morgan fingerprint density at radius 3 is 2.94 bits per heavy atom.